The summed E-state index contributed by atoms with van der Waals surface area (Å²) in [4.78, 5) is 11.0. The molecule has 0 aliphatic heterocycles. The van der Waals surface area contributed by atoms with Crippen molar-refractivity contribution in [2.75, 3.05) is 0 Å². The summed E-state index contributed by atoms with van der Waals surface area (Å²) in [6.07, 6.45) is 0. The number of alkyl halides is 1. The smallest absolute Gasteiger partial charge is 0.337 e. The minimum Gasteiger partial charge on any atom is -0.423 e. The first-order valence-electron chi connectivity index (χ1n) is 3.99. The molecule has 0 aliphatic carbocycles. The third-order valence-corrected chi connectivity index (χ3v) is 2.87. The van der Waals surface area contributed by atoms with Gasteiger partial charge in [-0.2, -0.15) is 0 Å². The molecule has 0 amide bonds. The molecule has 2 aromatic rings. The fraction of sp³-hybridized carbons (Fsp3) is 0.100. The second kappa shape index (κ2) is 3.75. The lowest BCUT2D eigenvalue weighted by Gasteiger charge is -2.00. The minimum atomic E-state index is -0.422. The van der Waals surface area contributed by atoms with Gasteiger partial charge in [-0.15, -0.1) is 0 Å². The molecule has 4 heteroatoms. The zero-order chi connectivity index (χ0) is 10.1. The van der Waals surface area contributed by atoms with Crippen molar-refractivity contribution in [2.24, 2.45) is 0 Å². The number of benzene rings is 1. The van der Waals surface area contributed by atoms with E-state index >= 15 is 0 Å². The number of rotatable bonds is 1. The highest BCUT2D eigenvalue weighted by atomic mass is 79.9. The van der Waals surface area contributed by atoms with E-state index in [0.717, 1.165) is 16.3 Å². The summed E-state index contributed by atoms with van der Waals surface area (Å²) in [6, 6.07) is 6.81. The van der Waals surface area contributed by atoms with Crippen LogP contribution in [0.25, 0.3) is 11.0 Å². The van der Waals surface area contributed by atoms with Gasteiger partial charge in [-0.25, -0.2) is 4.79 Å². The number of halogens is 2. The van der Waals surface area contributed by atoms with Crippen LogP contribution >= 0.6 is 27.5 Å². The van der Waals surface area contributed by atoms with Crippen molar-refractivity contribution in [1.82, 2.24) is 0 Å². The maximum Gasteiger partial charge on any atom is 0.337 e. The Balaban J connectivity index is 2.82. The summed E-state index contributed by atoms with van der Waals surface area (Å²) in [5.74, 6) is 0. The Hall–Kier alpha value is -0.800. The van der Waals surface area contributed by atoms with Gasteiger partial charge in [0.1, 0.15) is 5.58 Å². The van der Waals surface area contributed by atoms with Gasteiger partial charge in [-0.05, 0) is 17.7 Å². The highest BCUT2D eigenvalue weighted by molar-refractivity contribution is 9.08. The largest absolute Gasteiger partial charge is 0.423 e. The molecule has 0 spiro atoms. The van der Waals surface area contributed by atoms with Gasteiger partial charge < -0.3 is 4.42 Å². The third-order valence-electron chi connectivity index (χ3n) is 1.91. The highest BCUT2D eigenvalue weighted by Crippen LogP contribution is 2.23. The number of fused-ring (bicyclic) bond motifs is 1. The van der Waals surface area contributed by atoms with Gasteiger partial charge in [-0.3, -0.25) is 0 Å². The van der Waals surface area contributed by atoms with Crippen LogP contribution in [0.5, 0.6) is 0 Å². The molecule has 1 aromatic heterocycles. The van der Waals surface area contributed by atoms with Crippen molar-refractivity contribution in [3.63, 3.8) is 0 Å². The Kier molecular flexibility index (Phi) is 2.61. The van der Waals surface area contributed by atoms with Crippen LogP contribution in [0.15, 0.2) is 33.5 Å². The maximum atomic E-state index is 11.0. The molecule has 2 nitrogen and oxygen atoms in total. The monoisotopic (exact) mass is 272 g/mol. The average Bonchev–Trinajstić information content (AvgIpc) is 2.17. The summed E-state index contributed by atoms with van der Waals surface area (Å²) in [6.45, 7) is 0. The molecular formula is C10H6BrClO2. The summed E-state index contributed by atoms with van der Waals surface area (Å²) in [5, 5.41) is 1.94. The Morgan fingerprint density at radius 1 is 1.36 bits per heavy atom. The first-order chi connectivity index (χ1) is 6.70. The van der Waals surface area contributed by atoms with Crippen LogP contribution < -0.4 is 5.63 Å². The van der Waals surface area contributed by atoms with Crippen molar-refractivity contribution in [3.05, 3.63) is 45.3 Å². The van der Waals surface area contributed by atoms with E-state index in [-0.39, 0.29) is 0 Å². The zero-order valence-electron chi connectivity index (χ0n) is 7.09. The molecule has 0 unspecified atom stereocenters. The van der Waals surface area contributed by atoms with Gasteiger partial charge >= 0.3 is 5.63 Å². The molecule has 0 aliphatic rings. The van der Waals surface area contributed by atoms with E-state index < -0.39 is 5.63 Å². The molecule has 72 valence electrons. The molecule has 14 heavy (non-hydrogen) atoms. The lowest BCUT2D eigenvalue weighted by Crippen LogP contribution is -1.96. The summed E-state index contributed by atoms with van der Waals surface area (Å²) < 4.78 is 4.99. The topological polar surface area (TPSA) is 30.2 Å². The van der Waals surface area contributed by atoms with Gasteiger partial charge in [0.05, 0.1) is 5.02 Å². The maximum absolute atomic E-state index is 11.0. The molecule has 2 rings (SSSR count). The Morgan fingerprint density at radius 2 is 2.14 bits per heavy atom. The summed E-state index contributed by atoms with van der Waals surface area (Å²) >= 11 is 9.26. The molecule has 1 heterocycles. The molecular weight excluding hydrogens is 267 g/mol. The van der Waals surface area contributed by atoms with Crippen LogP contribution in [0.1, 0.15) is 5.56 Å². The van der Waals surface area contributed by atoms with E-state index in [2.05, 4.69) is 15.9 Å². The minimum absolute atomic E-state index is 0.422. The predicted molar refractivity (Wildman–Crippen MR) is 60.1 cm³/mol. The Morgan fingerprint density at radius 3 is 2.86 bits per heavy atom. The van der Waals surface area contributed by atoms with Gasteiger partial charge in [0.25, 0.3) is 0 Å². The van der Waals surface area contributed by atoms with E-state index in [1.807, 2.05) is 12.1 Å². The second-order valence-corrected chi connectivity index (χ2v) is 3.85. The predicted octanol–water partition coefficient (Wildman–Crippen LogP) is 3.34. The molecule has 0 fully saturated rings. The van der Waals surface area contributed by atoms with Crippen molar-refractivity contribution in [3.8, 4) is 0 Å². The second-order valence-electron chi connectivity index (χ2n) is 2.88. The van der Waals surface area contributed by atoms with Crippen LogP contribution in [0.3, 0.4) is 0 Å². The molecule has 1 aromatic carbocycles. The average molecular weight is 274 g/mol. The Bertz CT molecular complexity index is 533. The van der Waals surface area contributed by atoms with E-state index in [1.54, 1.807) is 6.07 Å². The summed E-state index contributed by atoms with van der Waals surface area (Å²) in [7, 11) is 0. The van der Waals surface area contributed by atoms with E-state index in [4.69, 9.17) is 16.0 Å². The van der Waals surface area contributed by atoms with Crippen molar-refractivity contribution < 1.29 is 4.42 Å². The fourth-order valence-electron chi connectivity index (χ4n) is 1.25. The lowest BCUT2D eigenvalue weighted by atomic mass is 10.2. The number of hydrogen-bond donors (Lipinski definition) is 0. The van der Waals surface area contributed by atoms with Crippen LogP contribution in [-0.4, -0.2) is 0 Å². The first kappa shape index (κ1) is 9.74. The van der Waals surface area contributed by atoms with E-state index in [0.29, 0.717) is 10.6 Å². The van der Waals surface area contributed by atoms with Gasteiger partial charge in [-0.1, -0.05) is 33.6 Å². The fourth-order valence-corrected chi connectivity index (χ4v) is 1.84. The quantitative estimate of drug-likeness (QED) is 0.589. The SMILES string of the molecule is O=c1cc(Cl)c2cc(CBr)ccc2o1. The first-order valence-corrected chi connectivity index (χ1v) is 5.49. The standard InChI is InChI=1S/C10H6BrClO2/c11-5-6-1-2-9-7(3-6)8(12)4-10(13)14-9/h1-4H,5H2. The van der Waals surface area contributed by atoms with Crippen molar-refractivity contribution in [2.45, 2.75) is 5.33 Å². The molecule has 0 saturated heterocycles. The van der Waals surface area contributed by atoms with Crippen LogP contribution in [-0.2, 0) is 5.33 Å². The van der Waals surface area contributed by atoms with E-state index in [9.17, 15) is 4.79 Å². The van der Waals surface area contributed by atoms with Crippen LogP contribution in [0.2, 0.25) is 5.02 Å². The van der Waals surface area contributed by atoms with Crippen molar-refractivity contribution >= 4 is 38.5 Å². The molecule has 0 bridgehead atoms. The molecule has 0 radical (unpaired) electrons. The van der Waals surface area contributed by atoms with Crippen LogP contribution in [0.4, 0.5) is 0 Å². The van der Waals surface area contributed by atoms with Gasteiger partial charge in [0, 0.05) is 16.8 Å². The van der Waals surface area contributed by atoms with Gasteiger partial charge in [0.2, 0.25) is 0 Å². The number of hydrogen-bond acceptors (Lipinski definition) is 2. The zero-order valence-corrected chi connectivity index (χ0v) is 9.43. The van der Waals surface area contributed by atoms with Crippen molar-refractivity contribution in [1.29, 1.82) is 0 Å². The van der Waals surface area contributed by atoms with E-state index in [1.165, 1.54) is 6.07 Å². The highest BCUT2D eigenvalue weighted by Gasteiger charge is 2.03. The Labute approximate surface area is 93.6 Å². The lowest BCUT2D eigenvalue weighted by molar-refractivity contribution is 0.561. The third kappa shape index (κ3) is 1.70. The van der Waals surface area contributed by atoms with Crippen LogP contribution in [0, 0.1) is 0 Å². The molecule has 0 atom stereocenters. The normalized spacial score (nSPS) is 10.7. The molecule has 0 N–H and O–H groups in total. The van der Waals surface area contributed by atoms with Gasteiger partial charge in [0.15, 0.2) is 0 Å². The molecule has 0 saturated carbocycles. The summed E-state index contributed by atoms with van der Waals surface area (Å²) in [5.41, 5.74) is 1.19.